The molecule has 0 fully saturated rings. The Morgan fingerprint density at radius 2 is 1.96 bits per heavy atom. The molecule has 0 saturated heterocycles. The van der Waals surface area contributed by atoms with Gasteiger partial charge >= 0.3 is 5.97 Å². The molecule has 2 bridgehead atoms. The number of aliphatic hydroxyl groups excluding tert-OH is 1. The van der Waals surface area contributed by atoms with Crippen molar-refractivity contribution in [1.82, 2.24) is 0 Å². The van der Waals surface area contributed by atoms with Crippen LogP contribution in [0, 0.1) is 0 Å². The number of carbonyl (C=O) groups is 1. The lowest BCUT2D eigenvalue weighted by molar-refractivity contribution is -0.0838. The van der Waals surface area contributed by atoms with Gasteiger partial charge in [0.2, 0.25) is 0 Å². The van der Waals surface area contributed by atoms with Crippen LogP contribution in [-0.2, 0) is 20.6 Å². The molecule has 5 N–H and O–H groups in total. The molecule has 0 saturated carbocycles. The van der Waals surface area contributed by atoms with Crippen LogP contribution in [0.15, 0.2) is 30.1 Å². The molecular formula is C19H23ClO8. The molecule has 2 aliphatic heterocycles. The summed E-state index contributed by atoms with van der Waals surface area (Å²) in [7, 11) is 1.51. The number of benzene rings is 1. The van der Waals surface area contributed by atoms with E-state index in [0.717, 1.165) is 6.07 Å². The van der Waals surface area contributed by atoms with E-state index >= 15 is 0 Å². The number of hydrogen-bond acceptors (Lipinski definition) is 7. The van der Waals surface area contributed by atoms with Gasteiger partial charge in [-0.15, -0.1) is 0 Å². The molecule has 3 rings (SSSR count). The van der Waals surface area contributed by atoms with E-state index in [9.17, 15) is 20.1 Å². The molecule has 0 spiro atoms. The van der Waals surface area contributed by atoms with Crippen molar-refractivity contribution < 1.29 is 39.8 Å². The highest BCUT2D eigenvalue weighted by atomic mass is 35.5. The van der Waals surface area contributed by atoms with Gasteiger partial charge in [0.25, 0.3) is 0 Å². The van der Waals surface area contributed by atoms with Gasteiger partial charge in [0.1, 0.15) is 35.0 Å². The third-order valence-corrected chi connectivity index (χ3v) is 5.03. The maximum atomic E-state index is 12.6. The summed E-state index contributed by atoms with van der Waals surface area (Å²) in [5.74, 6) is -1.21. The summed E-state index contributed by atoms with van der Waals surface area (Å²) in [4.78, 5) is 12.6. The summed E-state index contributed by atoms with van der Waals surface area (Å²) in [5.41, 5.74) is 0.0376. The maximum Gasteiger partial charge on any atom is 0.342 e. The van der Waals surface area contributed by atoms with E-state index in [1.165, 1.54) is 7.11 Å². The average molecular weight is 415 g/mol. The van der Waals surface area contributed by atoms with Crippen molar-refractivity contribution in [2.75, 3.05) is 7.11 Å². The second-order valence-electron chi connectivity index (χ2n) is 6.58. The zero-order chi connectivity index (χ0) is 19.7. The largest absolute Gasteiger partial charge is 0.507 e. The standard InChI is InChI=1S/C19H21ClO7.H2O/c1-9-6-14(23)18-15(25-2)5-3-4-10(27-18)7-11-16(19(24)26-9)12(21)8-13(22)17(11)20;/h3-5,8-9,14-15,18,21-23H,6-7H2,1-2H3;1H2/t9-,14-,15-,18-;/m1./s1. The van der Waals surface area contributed by atoms with E-state index in [0.29, 0.717) is 5.76 Å². The van der Waals surface area contributed by atoms with Gasteiger partial charge in [0, 0.05) is 31.6 Å². The lowest BCUT2D eigenvalue weighted by atomic mass is 10.0. The Hall–Kier alpha value is -2.26. The summed E-state index contributed by atoms with van der Waals surface area (Å²) < 4.78 is 16.7. The molecule has 28 heavy (non-hydrogen) atoms. The molecule has 1 aromatic carbocycles. The molecule has 1 aromatic rings. The number of aromatic hydroxyl groups is 2. The molecule has 9 heteroatoms. The number of rotatable bonds is 1. The van der Waals surface area contributed by atoms with E-state index in [-0.39, 0.29) is 40.2 Å². The van der Waals surface area contributed by atoms with Gasteiger partial charge in [0.15, 0.2) is 6.10 Å². The normalized spacial score (nSPS) is 27.1. The SMILES string of the molecule is CO[C@@H]1C=CC=C2Cc3c(Cl)c(O)cc(O)c3C(=O)O[C@H](C)C[C@@H](O)[C@H]1O2.O. The minimum Gasteiger partial charge on any atom is -0.507 e. The molecule has 2 heterocycles. The summed E-state index contributed by atoms with van der Waals surface area (Å²) in [5, 5.41) is 30.7. The van der Waals surface area contributed by atoms with Gasteiger partial charge in [-0.1, -0.05) is 23.8 Å². The van der Waals surface area contributed by atoms with Crippen LogP contribution in [0.5, 0.6) is 11.5 Å². The zero-order valence-corrected chi connectivity index (χ0v) is 16.1. The van der Waals surface area contributed by atoms with Crippen LogP contribution in [0.4, 0.5) is 0 Å². The van der Waals surface area contributed by atoms with Crippen LogP contribution in [0.3, 0.4) is 0 Å². The van der Waals surface area contributed by atoms with Gasteiger partial charge < -0.3 is 35.0 Å². The molecule has 8 nitrogen and oxygen atoms in total. The molecule has 0 unspecified atom stereocenters. The lowest BCUT2D eigenvalue weighted by Crippen LogP contribution is -2.41. The number of ether oxygens (including phenoxy) is 3. The molecule has 4 atom stereocenters. The Labute approximate surface area is 166 Å². The van der Waals surface area contributed by atoms with Crippen molar-refractivity contribution in [3.63, 3.8) is 0 Å². The van der Waals surface area contributed by atoms with Crippen molar-refractivity contribution >= 4 is 17.6 Å². The Morgan fingerprint density at radius 3 is 2.64 bits per heavy atom. The van der Waals surface area contributed by atoms with Crippen molar-refractivity contribution in [2.24, 2.45) is 0 Å². The fourth-order valence-electron chi connectivity index (χ4n) is 3.29. The number of carbonyl (C=O) groups excluding carboxylic acids is 1. The third kappa shape index (κ3) is 4.25. The first kappa shape index (κ1) is 22.0. The number of aliphatic hydroxyl groups is 1. The van der Waals surface area contributed by atoms with Crippen molar-refractivity contribution in [3.05, 3.63) is 46.2 Å². The lowest BCUT2D eigenvalue weighted by Gasteiger charge is -2.29. The zero-order valence-electron chi connectivity index (χ0n) is 15.4. The van der Waals surface area contributed by atoms with Crippen molar-refractivity contribution in [3.8, 4) is 11.5 Å². The van der Waals surface area contributed by atoms with Gasteiger partial charge in [-0.25, -0.2) is 4.79 Å². The van der Waals surface area contributed by atoms with Crippen molar-refractivity contribution in [2.45, 2.75) is 44.2 Å². The molecule has 154 valence electrons. The number of hydrogen-bond donors (Lipinski definition) is 3. The quantitative estimate of drug-likeness (QED) is 0.594. The number of allylic oxidation sites excluding steroid dienone is 3. The number of phenolic OH excluding ortho intramolecular Hbond substituents is 2. The summed E-state index contributed by atoms with van der Waals surface area (Å²) in [6.07, 6.45) is 2.38. The molecule has 2 aliphatic rings. The van der Waals surface area contributed by atoms with E-state index in [1.54, 1.807) is 25.2 Å². The number of fused-ring (bicyclic) bond motifs is 3. The number of esters is 1. The molecule has 0 aromatic heterocycles. The van der Waals surface area contributed by atoms with E-state index < -0.39 is 36.1 Å². The molecule has 0 aliphatic carbocycles. The fraction of sp³-hybridized carbons (Fsp3) is 0.421. The van der Waals surface area contributed by atoms with Crippen molar-refractivity contribution in [1.29, 1.82) is 0 Å². The third-order valence-electron chi connectivity index (χ3n) is 4.60. The fourth-order valence-corrected chi connectivity index (χ4v) is 3.51. The Kier molecular flexibility index (Phi) is 6.95. The van der Waals surface area contributed by atoms with Gasteiger partial charge in [-0.3, -0.25) is 0 Å². The van der Waals surface area contributed by atoms with Gasteiger partial charge in [0.05, 0.1) is 11.1 Å². The second-order valence-corrected chi connectivity index (χ2v) is 6.96. The van der Waals surface area contributed by atoms with Crippen LogP contribution < -0.4 is 0 Å². The second kappa shape index (κ2) is 8.83. The van der Waals surface area contributed by atoms with E-state index in [1.807, 2.05) is 0 Å². The summed E-state index contributed by atoms with van der Waals surface area (Å²) in [6, 6.07) is 0.994. The predicted octanol–water partition coefficient (Wildman–Crippen LogP) is 1.63. The van der Waals surface area contributed by atoms with Gasteiger partial charge in [-0.2, -0.15) is 0 Å². The monoisotopic (exact) mass is 414 g/mol. The summed E-state index contributed by atoms with van der Waals surface area (Å²) >= 11 is 6.20. The number of phenols is 2. The van der Waals surface area contributed by atoms with Crippen LogP contribution in [0.1, 0.15) is 29.3 Å². The van der Waals surface area contributed by atoms with Crippen LogP contribution in [-0.4, -0.2) is 58.3 Å². The van der Waals surface area contributed by atoms with Crippen LogP contribution >= 0.6 is 11.6 Å². The summed E-state index contributed by atoms with van der Waals surface area (Å²) in [6.45, 7) is 1.63. The highest BCUT2D eigenvalue weighted by Crippen LogP contribution is 2.39. The number of methoxy groups -OCH3 is 1. The highest BCUT2D eigenvalue weighted by molar-refractivity contribution is 6.33. The first-order valence-electron chi connectivity index (χ1n) is 8.51. The van der Waals surface area contributed by atoms with E-state index in [2.05, 4.69) is 0 Å². The average Bonchev–Trinajstić information content (AvgIpc) is 2.81. The minimum absolute atomic E-state index is 0. The number of cyclic esters (lactones) is 1. The topological polar surface area (TPSA) is 137 Å². The predicted molar refractivity (Wildman–Crippen MR) is 100 cm³/mol. The first-order chi connectivity index (χ1) is 12.8. The van der Waals surface area contributed by atoms with Crippen LogP contribution in [0.25, 0.3) is 0 Å². The van der Waals surface area contributed by atoms with E-state index in [4.69, 9.17) is 25.8 Å². The molecular weight excluding hydrogens is 392 g/mol. The first-order valence-corrected chi connectivity index (χ1v) is 8.88. The smallest absolute Gasteiger partial charge is 0.342 e. The Balaban J connectivity index is 0.00000280. The highest BCUT2D eigenvalue weighted by Gasteiger charge is 2.35. The van der Waals surface area contributed by atoms with Gasteiger partial charge in [-0.05, 0) is 13.0 Å². The molecule has 0 radical (unpaired) electrons. The number of halogens is 1. The van der Waals surface area contributed by atoms with Crippen LogP contribution in [0.2, 0.25) is 5.02 Å². The Bertz CT molecular complexity index is 804. The maximum absolute atomic E-state index is 12.6. The Morgan fingerprint density at radius 1 is 1.25 bits per heavy atom. The molecule has 0 amide bonds. The minimum atomic E-state index is -0.970.